The second-order valence-corrected chi connectivity index (χ2v) is 10.2. The van der Waals surface area contributed by atoms with Crippen LogP contribution < -0.4 is 15.6 Å². The van der Waals surface area contributed by atoms with Gasteiger partial charge in [-0.15, -0.1) is 0 Å². The average molecular weight is 586 g/mol. The molecule has 0 fully saturated rings. The van der Waals surface area contributed by atoms with Crippen LogP contribution in [0, 0.1) is 13.8 Å². The number of nitrogens with zero attached hydrogens (tertiary/aromatic N) is 6. The summed E-state index contributed by atoms with van der Waals surface area (Å²) in [7, 11) is 1.80. The van der Waals surface area contributed by atoms with Crippen LogP contribution in [0.15, 0.2) is 77.9 Å². The monoisotopic (exact) mass is 585 g/mol. The highest BCUT2D eigenvalue weighted by molar-refractivity contribution is 5.85. The maximum Gasteiger partial charge on any atom is 0.422 e. The minimum atomic E-state index is -4.55. The number of hydrogen-bond acceptors (Lipinski definition) is 7. The quantitative estimate of drug-likeness (QED) is 0.249. The maximum atomic E-state index is 14.0. The van der Waals surface area contributed by atoms with Crippen molar-refractivity contribution in [3.05, 3.63) is 100 Å². The second-order valence-electron chi connectivity index (χ2n) is 10.2. The van der Waals surface area contributed by atoms with Crippen molar-refractivity contribution in [3.63, 3.8) is 0 Å². The highest BCUT2D eigenvalue weighted by Gasteiger charge is 2.29. The van der Waals surface area contributed by atoms with Gasteiger partial charge < -0.3 is 10.1 Å². The summed E-state index contributed by atoms with van der Waals surface area (Å²) in [4.78, 5) is 27.3. The summed E-state index contributed by atoms with van der Waals surface area (Å²) in [6, 6.07) is 17.8. The summed E-state index contributed by atoms with van der Waals surface area (Å²) >= 11 is 0. The fourth-order valence-corrected chi connectivity index (χ4v) is 4.73. The molecule has 0 bridgehead atoms. The zero-order valence-electron chi connectivity index (χ0n) is 23.5. The molecular weight excluding hydrogens is 559 g/mol. The van der Waals surface area contributed by atoms with Crippen LogP contribution in [-0.2, 0) is 13.6 Å². The van der Waals surface area contributed by atoms with E-state index < -0.39 is 18.3 Å². The molecular formula is C31H26F3N7O2. The summed E-state index contributed by atoms with van der Waals surface area (Å²) in [5.41, 5.74) is 5.11. The average Bonchev–Trinajstić information content (AvgIpc) is 3.35. The minimum Gasteiger partial charge on any atom is -0.468 e. The smallest absolute Gasteiger partial charge is 0.422 e. The number of pyridine rings is 2. The van der Waals surface area contributed by atoms with Gasteiger partial charge in [0.1, 0.15) is 17.0 Å². The fourth-order valence-electron chi connectivity index (χ4n) is 4.73. The molecule has 6 aromatic rings. The Morgan fingerprint density at radius 2 is 1.74 bits per heavy atom. The van der Waals surface area contributed by atoms with Gasteiger partial charge in [-0.3, -0.25) is 14.0 Å². The molecule has 0 amide bonds. The highest BCUT2D eigenvalue weighted by atomic mass is 19.4. The van der Waals surface area contributed by atoms with Crippen molar-refractivity contribution in [2.75, 3.05) is 11.9 Å². The van der Waals surface area contributed by atoms with E-state index in [1.807, 2.05) is 18.3 Å². The lowest BCUT2D eigenvalue weighted by Crippen LogP contribution is -2.24. The molecule has 43 heavy (non-hydrogen) atoms. The first-order chi connectivity index (χ1) is 20.5. The maximum absolute atomic E-state index is 14.0. The van der Waals surface area contributed by atoms with E-state index in [4.69, 9.17) is 4.74 Å². The topological polar surface area (TPSA) is 99.8 Å². The van der Waals surface area contributed by atoms with Gasteiger partial charge in [-0.1, -0.05) is 24.3 Å². The minimum absolute atomic E-state index is 0.0357. The number of halogens is 3. The Balaban J connectivity index is 1.41. The standard InChI is InChI=1S/C31H26F3N7O2/c1-18-4-5-20(12-19(18)2)14-35-26-10-7-23(15-36-26)41-29-25(9-11-27(38-29)43-17-31(32,33)34)37-28(30(41)42)21-6-8-24-22(13-21)16-40(3)39-24/h4-13,15-16H,14,17H2,1-3H3,(H,35,36). The van der Waals surface area contributed by atoms with Gasteiger partial charge in [-0.2, -0.15) is 23.3 Å². The van der Waals surface area contributed by atoms with Crippen LogP contribution in [0.2, 0.25) is 0 Å². The largest absolute Gasteiger partial charge is 0.468 e. The summed E-state index contributed by atoms with van der Waals surface area (Å²) in [5.74, 6) is 0.293. The summed E-state index contributed by atoms with van der Waals surface area (Å²) in [5, 5.41) is 8.47. The molecule has 0 aliphatic heterocycles. The Hall–Kier alpha value is -5.26. The number of ether oxygens (including phenoxy) is 1. The van der Waals surface area contributed by atoms with Crippen molar-refractivity contribution >= 4 is 27.9 Å². The molecule has 0 spiro atoms. The Morgan fingerprint density at radius 3 is 2.49 bits per heavy atom. The predicted molar refractivity (Wildman–Crippen MR) is 157 cm³/mol. The zero-order chi connectivity index (χ0) is 30.3. The first-order valence-corrected chi connectivity index (χ1v) is 13.4. The number of fused-ring (bicyclic) bond motifs is 2. The molecule has 0 radical (unpaired) electrons. The van der Waals surface area contributed by atoms with E-state index in [1.54, 1.807) is 36.0 Å². The van der Waals surface area contributed by atoms with Crippen LogP contribution in [0.5, 0.6) is 5.88 Å². The third-order valence-electron chi connectivity index (χ3n) is 7.01. The number of anilines is 1. The van der Waals surface area contributed by atoms with E-state index in [0.717, 1.165) is 16.5 Å². The van der Waals surface area contributed by atoms with Gasteiger partial charge in [0.15, 0.2) is 12.3 Å². The lowest BCUT2D eigenvalue weighted by Gasteiger charge is -2.14. The molecule has 0 atom stereocenters. The summed E-state index contributed by atoms with van der Waals surface area (Å²) in [6.07, 6.45) is -1.21. The van der Waals surface area contributed by atoms with Crippen molar-refractivity contribution in [2.24, 2.45) is 7.05 Å². The SMILES string of the molecule is Cc1ccc(CNc2ccc(-n3c(=O)c(-c4ccc5nn(C)cc5c4)nc4ccc(OCC(F)(F)F)nc43)cn2)cc1C. The lowest BCUT2D eigenvalue weighted by atomic mass is 10.1. The molecule has 0 unspecified atom stereocenters. The Kier molecular flexibility index (Phi) is 7.04. The Bertz CT molecular complexity index is 2030. The van der Waals surface area contributed by atoms with E-state index in [0.29, 0.717) is 23.6 Å². The third kappa shape index (κ3) is 5.89. The molecule has 0 aliphatic rings. The van der Waals surface area contributed by atoms with Gasteiger partial charge in [0.2, 0.25) is 5.88 Å². The van der Waals surface area contributed by atoms with Crippen LogP contribution in [0.3, 0.4) is 0 Å². The Labute approximate surface area is 243 Å². The van der Waals surface area contributed by atoms with Crippen molar-refractivity contribution in [3.8, 4) is 22.8 Å². The first kappa shape index (κ1) is 27.9. The fraction of sp³-hybridized carbons (Fsp3) is 0.194. The molecule has 2 aromatic carbocycles. The molecule has 4 heterocycles. The van der Waals surface area contributed by atoms with E-state index in [1.165, 1.54) is 34.0 Å². The zero-order valence-corrected chi connectivity index (χ0v) is 23.5. The number of aromatic nitrogens is 6. The number of aryl methyl sites for hydroxylation is 3. The van der Waals surface area contributed by atoms with E-state index in [2.05, 4.69) is 51.3 Å². The number of benzene rings is 2. The van der Waals surface area contributed by atoms with Gasteiger partial charge in [0.25, 0.3) is 5.56 Å². The van der Waals surface area contributed by atoms with Crippen LogP contribution >= 0.6 is 0 Å². The molecule has 0 saturated carbocycles. The molecule has 0 saturated heterocycles. The van der Waals surface area contributed by atoms with Gasteiger partial charge >= 0.3 is 6.18 Å². The van der Waals surface area contributed by atoms with Crippen LogP contribution in [0.1, 0.15) is 16.7 Å². The van der Waals surface area contributed by atoms with Crippen molar-refractivity contribution in [1.29, 1.82) is 0 Å². The molecule has 218 valence electrons. The van der Waals surface area contributed by atoms with E-state index >= 15 is 0 Å². The summed E-state index contributed by atoms with van der Waals surface area (Å²) < 4.78 is 46.3. The molecule has 6 rings (SSSR count). The molecule has 1 N–H and O–H groups in total. The molecule has 4 aromatic heterocycles. The molecule has 9 nitrogen and oxygen atoms in total. The van der Waals surface area contributed by atoms with Crippen LogP contribution in [0.4, 0.5) is 19.0 Å². The van der Waals surface area contributed by atoms with E-state index in [9.17, 15) is 18.0 Å². The van der Waals surface area contributed by atoms with Gasteiger partial charge in [0, 0.05) is 36.8 Å². The van der Waals surface area contributed by atoms with Crippen molar-refractivity contribution in [1.82, 2.24) is 29.3 Å². The normalized spacial score (nSPS) is 11.8. The second kappa shape index (κ2) is 10.9. The lowest BCUT2D eigenvalue weighted by molar-refractivity contribution is -0.154. The number of hydrogen-bond donors (Lipinski definition) is 1. The Morgan fingerprint density at radius 1 is 0.930 bits per heavy atom. The number of alkyl halides is 3. The highest BCUT2D eigenvalue weighted by Crippen LogP contribution is 2.25. The van der Waals surface area contributed by atoms with Gasteiger partial charge in [-0.25, -0.2) is 9.97 Å². The van der Waals surface area contributed by atoms with Crippen LogP contribution in [-0.4, -0.2) is 42.1 Å². The first-order valence-electron chi connectivity index (χ1n) is 13.4. The van der Waals surface area contributed by atoms with Crippen molar-refractivity contribution < 1.29 is 17.9 Å². The van der Waals surface area contributed by atoms with Gasteiger partial charge in [0.05, 0.1) is 17.4 Å². The third-order valence-corrected chi connectivity index (χ3v) is 7.01. The van der Waals surface area contributed by atoms with Crippen molar-refractivity contribution in [2.45, 2.75) is 26.6 Å². The molecule has 0 aliphatic carbocycles. The predicted octanol–water partition coefficient (Wildman–Crippen LogP) is 5.90. The number of nitrogens with one attached hydrogen (secondary N) is 1. The molecule has 12 heteroatoms. The van der Waals surface area contributed by atoms with Crippen LogP contribution in [0.25, 0.3) is 39.0 Å². The summed E-state index contributed by atoms with van der Waals surface area (Å²) in [6.45, 7) is 3.14. The number of rotatable bonds is 7. The van der Waals surface area contributed by atoms with Gasteiger partial charge in [-0.05, 0) is 60.9 Å². The van der Waals surface area contributed by atoms with E-state index in [-0.39, 0.29) is 22.7 Å².